The van der Waals surface area contributed by atoms with Gasteiger partial charge >= 0.3 is 18.1 Å². The van der Waals surface area contributed by atoms with Crippen molar-refractivity contribution in [2.24, 2.45) is 23.7 Å². The van der Waals surface area contributed by atoms with Crippen LogP contribution in [0.1, 0.15) is 166 Å². The number of hydrogen-bond donors (Lipinski definition) is 3. The normalized spacial score (nSPS) is 17.8. The van der Waals surface area contributed by atoms with Crippen LogP contribution in [0.5, 0.6) is 0 Å². The predicted molar refractivity (Wildman–Crippen MR) is 419 cm³/mol. The van der Waals surface area contributed by atoms with Crippen molar-refractivity contribution in [2.75, 3.05) is 137 Å². The lowest BCUT2D eigenvalue weighted by molar-refractivity contribution is -0.136. The minimum Gasteiger partial charge on any atom is -0.381 e. The molecule has 4 saturated heterocycles. The maximum Gasteiger partial charge on any atom is 0.328 e. The maximum absolute atomic E-state index is 13.6. The predicted octanol–water partition coefficient (Wildman–Crippen LogP) is 8.67. The van der Waals surface area contributed by atoms with E-state index in [1.165, 1.54) is 66.9 Å². The second-order valence-corrected chi connectivity index (χ2v) is 30.6. The summed E-state index contributed by atoms with van der Waals surface area (Å²) in [4.78, 5) is 155. The molecule has 0 spiro atoms. The van der Waals surface area contributed by atoms with Crippen molar-refractivity contribution >= 4 is 89.6 Å². The lowest BCUT2D eigenvalue weighted by Gasteiger charge is -2.32. The third-order valence-electron chi connectivity index (χ3n) is 21.7. The molecule has 6 aromatic heterocycles. The van der Waals surface area contributed by atoms with Crippen LogP contribution in [0.25, 0.3) is 0 Å². The Bertz CT molecular complexity index is 4650. The van der Waals surface area contributed by atoms with E-state index < -0.39 is 12.1 Å². The number of pyridine rings is 6. The van der Waals surface area contributed by atoms with Crippen molar-refractivity contribution < 1.29 is 47.9 Å². The Kier molecular flexibility index (Phi) is 27.3. The first-order valence-electron chi connectivity index (χ1n) is 39.1. The van der Waals surface area contributed by atoms with Gasteiger partial charge in [-0.25, -0.2) is 44.3 Å². The van der Waals surface area contributed by atoms with Gasteiger partial charge in [-0.1, -0.05) is 56.7 Å². The highest BCUT2D eigenvalue weighted by atomic mass is 16.5. The van der Waals surface area contributed by atoms with Crippen molar-refractivity contribution in [3.8, 4) is 18.2 Å². The number of likely N-dealkylation sites (N-methyl/N-ethyl adjacent to an activating group) is 3. The summed E-state index contributed by atoms with van der Waals surface area (Å²) in [5.41, 5.74) is 6.76. The maximum atomic E-state index is 13.6. The summed E-state index contributed by atoms with van der Waals surface area (Å²) in [5, 5.41) is 36.9. The Morgan fingerprint density at radius 2 is 0.841 bits per heavy atom. The van der Waals surface area contributed by atoms with Crippen LogP contribution in [-0.2, 0) is 58.0 Å². The smallest absolute Gasteiger partial charge is 0.328 e. The zero-order valence-electron chi connectivity index (χ0n) is 64.6. The summed E-state index contributed by atoms with van der Waals surface area (Å²) < 4.78 is 5.53. The molecule has 4 aliphatic carbocycles. The zero-order valence-corrected chi connectivity index (χ0v) is 64.6. The van der Waals surface area contributed by atoms with Crippen LogP contribution in [0.4, 0.5) is 49.3 Å². The number of aldehydes is 3. The quantitative estimate of drug-likeness (QED) is 0.0386. The molecule has 14 rings (SSSR count). The van der Waals surface area contributed by atoms with E-state index in [1.807, 2.05) is 42.8 Å². The minimum atomic E-state index is -0.436. The highest BCUT2D eigenvalue weighted by Crippen LogP contribution is 2.38. The van der Waals surface area contributed by atoms with Crippen molar-refractivity contribution in [1.82, 2.24) is 59.3 Å². The third-order valence-corrected chi connectivity index (χ3v) is 21.7. The molecule has 0 aromatic carbocycles. The molecule has 9 amide bonds. The van der Waals surface area contributed by atoms with E-state index in [4.69, 9.17) is 4.74 Å². The molecule has 6 aromatic rings. The number of nitriles is 3. The van der Waals surface area contributed by atoms with E-state index in [9.17, 15) is 58.9 Å². The average molecular weight is 1540 g/mol. The molecule has 4 saturated carbocycles. The van der Waals surface area contributed by atoms with Gasteiger partial charge in [0.1, 0.15) is 70.2 Å². The van der Waals surface area contributed by atoms with Crippen LogP contribution in [0.3, 0.4) is 0 Å². The monoisotopic (exact) mass is 1540 g/mol. The molecule has 8 fully saturated rings. The van der Waals surface area contributed by atoms with E-state index >= 15 is 0 Å². The number of aromatic nitrogens is 6. The highest BCUT2D eigenvalue weighted by molar-refractivity contribution is 6.03. The van der Waals surface area contributed by atoms with Gasteiger partial charge in [0, 0.05) is 126 Å². The number of rotatable bonds is 28. The Morgan fingerprint density at radius 1 is 0.478 bits per heavy atom. The summed E-state index contributed by atoms with van der Waals surface area (Å²) in [6.07, 6.45) is 21.8. The van der Waals surface area contributed by atoms with E-state index in [-0.39, 0.29) is 59.3 Å². The Hall–Kier alpha value is -11.6. The zero-order chi connectivity index (χ0) is 79.7. The number of carbonyl (C=O) groups is 9. The fourth-order valence-electron chi connectivity index (χ4n) is 14.1. The fraction of sp³-hybridized carbons (Fsp3) is 0.488. The van der Waals surface area contributed by atoms with Crippen LogP contribution < -0.4 is 30.7 Å². The number of ether oxygens (including phenoxy) is 1. The van der Waals surface area contributed by atoms with Gasteiger partial charge in [0.15, 0.2) is 18.9 Å². The van der Waals surface area contributed by atoms with E-state index in [2.05, 4.69) is 64.1 Å². The lowest BCUT2D eigenvalue weighted by Crippen LogP contribution is -2.48. The summed E-state index contributed by atoms with van der Waals surface area (Å²) in [7, 11) is 5.71. The number of aryl methyl sites for hydroxylation is 3. The molecule has 3 N–H and O–H groups in total. The van der Waals surface area contributed by atoms with Gasteiger partial charge in [-0.15, -0.1) is 0 Å². The Morgan fingerprint density at radius 3 is 1.18 bits per heavy atom. The first kappa shape index (κ1) is 80.9. The van der Waals surface area contributed by atoms with Crippen LogP contribution in [0.15, 0.2) is 73.2 Å². The number of piperazine rings is 3. The second-order valence-electron chi connectivity index (χ2n) is 30.6. The number of carbonyl (C=O) groups excluding carboxylic acids is 9. The summed E-state index contributed by atoms with van der Waals surface area (Å²) >= 11 is 0. The van der Waals surface area contributed by atoms with Gasteiger partial charge in [-0.05, 0) is 157 Å². The topological polar surface area (TPSA) is 377 Å². The van der Waals surface area contributed by atoms with Gasteiger partial charge in [0.25, 0.3) is 0 Å². The average Bonchev–Trinajstić information content (AvgIpc) is 1.71. The summed E-state index contributed by atoms with van der Waals surface area (Å²) in [6, 6.07) is 21.0. The van der Waals surface area contributed by atoms with Gasteiger partial charge < -0.3 is 19.4 Å². The van der Waals surface area contributed by atoms with Gasteiger partial charge in [-0.2, -0.15) is 15.8 Å². The molecule has 10 heterocycles. The van der Waals surface area contributed by atoms with Gasteiger partial charge in [0.05, 0.1) is 42.9 Å². The van der Waals surface area contributed by atoms with Crippen molar-refractivity contribution in [1.29, 1.82) is 15.8 Å². The molecule has 1 unspecified atom stereocenters. The number of nitrogens with zero attached hydrogens (tertiary/aromatic N) is 18. The van der Waals surface area contributed by atoms with E-state index in [1.54, 1.807) is 74.2 Å². The van der Waals surface area contributed by atoms with Crippen molar-refractivity contribution in [2.45, 2.75) is 129 Å². The van der Waals surface area contributed by atoms with E-state index in [0.717, 1.165) is 112 Å². The minimum absolute atomic E-state index is 0.00308. The first-order chi connectivity index (χ1) is 54.8. The fourth-order valence-corrected chi connectivity index (χ4v) is 14.1. The molecule has 113 heavy (non-hydrogen) atoms. The number of hydrogen-bond acceptors (Lipinski definition) is 22. The molecule has 0 bridgehead atoms. The second kappa shape index (κ2) is 38.1. The summed E-state index contributed by atoms with van der Waals surface area (Å²) in [5.74, 6) is 4.50. The molecule has 590 valence electrons. The SMILES string of the molecule is CCN(C(=O)Nc1cc(CCC2CC2)c(C#N)cn1)c1ccc(CN2CCN(C)CC2=O)c(C=O)n1.CN1CCN(Cc2ccc(N(C(=O)Nc3cc(CCC4CC4)c(C#N)cn3)C3CC3)nc2C=O)C(=O)C1.CN1CCN(Cc2ccc(N(CC3CCOC3)C(=O)Nc3cc(CCC4CC4)c(C#N)cn3)nc2C=O)C(=O)C1. The highest BCUT2D eigenvalue weighted by Gasteiger charge is 2.37. The van der Waals surface area contributed by atoms with Crippen LogP contribution in [0, 0.1) is 57.7 Å². The van der Waals surface area contributed by atoms with Crippen molar-refractivity contribution in [3.05, 3.63) is 140 Å². The number of amides is 9. The molecule has 4 aliphatic heterocycles. The molecule has 31 heteroatoms. The number of nitrogens with one attached hydrogen (secondary N) is 3. The molecule has 8 aliphatic rings. The molecular weight excluding hydrogens is 1440 g/mol. The lowest BCUT2D eigenvalue weighted by atomic mass is 10.0. The van der Waals surface area contributed by atoms with Crippen LogP contribution in [-0.4, -0.2) is 226 Å². The molecular formula is C82H97N21O10. The van der Waals surface area contributed by atoms with Gasteiger partial charge in [-0.3, -0.25) is 74.1 Å². The van der Waals surface area contributed by atoms with Crippen LogP contribution in [0.2, 0.25) is 0 Å². The van der Waals surface area contributed by atoms with Crippen molar-refractivity contribution in [3.63, 3.8) is 0 Å². The molecule has 1 atom stereocenters. The standard InChI is InChI=1S/C29H35N7O4.C27H31N7O3.C26H31N7O3/c1-34-9-10-35(28(38)17-34)16-23-6-7-27(32-25(23)18-37)36(15-21-8-11-40-19-21)29(39)33-26-12-22(5-4-20-2-3-20)24(13-30)14-31-26;1-32-10-11-33(26(36)16-32)15-20-6-9-25(30-23(20)17-35)34(22-7-8-22)27(37)31-24-12-19(5-4-18-2-3-18)21(13-28)14-29-24;1-3-33(26(36)30-23-12-19(7-6-18-4-5-18)21(13-27)14-28-23)24-9-8-20(22(17-34)29-24)15-32-11-10-31(2)16-25(32)35/h6-7,12,14,18,20-21H,2-5,8-11,15-17,19H2,1H3,(H,31,33,39);6,9,12,14,17-18,22H,2-5,7-8,10-11,15-16H2,1H3,(H,29,31,37);8-9,12,14,17-18H,3-7,10-11,15-16H2,1-2H3,(H,28,30,36). The molecule has 0 radical (unpaired) electrons. The summed E-state index contributed by atoms with van der Waals surface area (Å²) in [6.45, 7) is 9.63. The third kappa shape index (κ3) is 22.2. The number of anilines is 6. The Balaban J connectivity index is 0.000000157. The number of urea groups is 3. The van der Waals surface area contributed by atoms with Gasteiger partial charge in [0.2, 0.25) is 17.7 Å². The largest absolute Gasteiger partial charge is 0.381 e. The first-order valence-corrected chi connectivity index (χ1v) is 39.1. The van der Waals surface area contributed by atoms with Crippen LogP contribution >= 0.6 is 0 Å². The molecule has 31 nitrogen and oxygen atoms in total. The van der Waals surface area contributed by atoms with E-state index in [0.29, 0.717) is 166 Å². The Labute approximate surface area is 657 Å².